The second-order valence-electron chi connectivity index (χ2n) is 6.14. The van der Waals surface area contributed by atoms with Crippen LogP contribution in [0.4, 0.5) is 0 Å². The smallest absolute Gasteiger partial charge is 0.258 e. The maximum atomic E-state index is 12.2. The first kappa shape index (κ1) is 18.9. The van der Waals surface area contributed by atoms with E-state index in [-0.39, 0.29) is 5.56 Å². The average molecular weight is 414 g/mol. The van der Waals surface area contributed by atoms with Crippen molar-refractivity contribution >= 4 is 28.1 Å². The lowest BCUT2D eigenvalue weighted by atomic mass is 10.1. The lowest BCUT2D eigenvalue weighted by Gasteiger charge is -2.09. The molecule has 0 bridgehead atoms. The van der Waals surface area contributed by atoms with Gasteiger partial charge in [-0.15, -0.1) is 21.5 Å². The zero-order chi connectivity index (χ0) is 19.3. The summed E-state index contributed by atoms with van der Waals surface area (Å²) >= 11 is 2.98. The van der Waals surface area contributed by atoms with Crippen LogP contribution in [0.3, 0.4) is 0 Å². The minimum absolute atomic E-state index is 0.0625. The van der Waals surface area contributed by atoms with Crippen LogP contribution in [0, 0.1) is 0 Å². The van der Waals surface area contributed by atoms with Gasteiger partial charge in [0.25, 0.3) is 5.56 Å². The van der Waals surface area contributed by atoms with Crippen LogP contribution in [0.25, 0.3) is 4.96 Å². The van der Waals surface area contributed by atoms with Crippen LogP contribution in [0.15, 0.2) is 57.9 Å². The Morgan fingerprint density at radius 1 is 1.21 bits per heavy atom. The third-order valence-corrected chi connectivity index (χ3v) is 5.98. The Morgan fingerprint density at radius 3 is 2.89 bits per heavy atom. The van der Waals surface area contributed by atoms with E-state index in [2.05, 4.69) is 31.9 Å². The first-order chi connectivity index (χ1) is 13.7. The van der Waals surface area contributed by atoms with Crippen LogP contribution >= 0.6 is 23.1 Å². The molecule has 0 saturated carbocycles. The maximum Gasteiger partial charge on any atom is 0.258 e. The molecule has 0 fully saturated rings. The summed E-state index contributed by atoms with van der Waals surface area (Å²) in [6, 6.07) is 11.8. The molecule has 0 aliphatic rings. The van der Waals surface area contributed by atoms with E-state index in [1.54, 1.807) is 23.8 Å². The van der Waals surface area contributed by atoms with Crippen molar-refractivity contribution in [3.8, 4) is 0 Å². The molecular weight excluding hydrogens is 394 g/mol. The van der Waals surface area contributed by atoms with Crippen LogP contribution in [-0.4, -0.2) is 37.9 Å². The largest absolute Gasteiger partial charge is 0.383 e. The Labute approximate surface area is 170 Å². The summed E-state index contributed by atoms with van der Waals surface area (Å²) in [6.45, 7) is 1.25. The molecule has 0 aliphatic heterocycles. The van der Waals surface area contributed by atoms with Gasteiger partial charge in [-0.25, -0.2) is 4.98 Å². The fourth-order valence-electron chi connectivity index (χ4n) is 2.84. The number of nitrogens with zero attached hydrogens (tertiary/aromatic N) is 5. The number of hydrogen-bond acceptors (Lipinski definition) is 7. The Balaban J connectivity index is 1.55. The van der Waals surface area contributed by atoms with Gasteiger partial charge >= 0.3 is 0 Å². The highest BCUT2D eigenvalue weighted by molar-refractivity contribution is 7.98. The number of thioether (sulfide) groups is 1. The summed E-state index contributed by atoms with van der Waals surface area (Å²) in [7, 11) is 1.68. The van der Waals surface area contributed by atoms with E-state index in [4.69, 9.17) is 4.74 Å². The number of methoxy groups -OCH3 is 1. The molecule has 0 amide bonds. The van der Waals surface area contributed by atoms with Gasteiger partial charge in [-0.2, -0.15) is 0 Å². The van der Waals surface area contributed by atoms with Crippen molar-refractivity contribution in [2.45, 2.75) is 23.9 Å². The number of benzene rings is 1. The van der Waals surface area contributed by atoms with Crippen molar-refractivity contribution in [2.75, 3.05) is 13.7 Å². The number of hydrogen-bond donors (Lipinski definition) is 0. The van der Waals surface area contributed by atoms with Gasteiger partial charge in [-0.3, -0.25) is 9.20 Å². The average Bonchev–Trinajstić information content (AvgIpc) is 3.33. The molecule has 0 unspecified atom stereocenters. The summed E-state index contributed by atoms with van der Waals surface area (Å²) in [5.74, 6) is 1.45. The molecule has 1 aromatic carbocycles. The Hall–Kier alpha value is -2.49. The fraction of sp³-hybridized carbons (Fsp3) is 0.263. The zero-order valence-electron chi connectivity index (χ0n) is 15.3. The van der Waals surface area contributed by atoms with Crippen molar-refractivity contribution in [2.24, 2.45) is 0 Å². The van der Waals surface area contributed by atoms with Crippen molar-refractivity contribution in [1.82, 2.24) is 24.1 Å². The van der Waals surface area contributed by atoms with E-state index in [0.717, 1.165) is 16.7 Å². The Bertz CT molecular complexity index is 1120. The molecule has 0 aliphatic carbocycles. The van der Waals surface area contributed by atoms with Gasteiger partial charge in [-0.1, -0.05) is 42.1 Å². The molecule has 144 valence electrons. The standard InChI is InChI=1S/C19H19N5O2S2/c1-26-9-7-23-16(11-14-5-3-2-4-6-14)21-22-19(23)28-13-15-12-17(25)24-8-10-27-18(24)20-15/h2-6,8,10,12H,7,9,11,13H2,1H3. The summed E-state index contributed by atoms with van der Waals surface area (Å²) in [5, 5.41) is 11.4. The summed E-state index contributed by atoms with van der Waals surface area (Å²) < 4.78 is 8.89. The lowest BCUT2D eigenvalue weighted by Crippen LogP contribution is -2.13. The van der Waals surface area contributed by atoms with Gasteiger partial charge in [0.15, 0.2) is 10.1 Å². The predicted octanol–water partition coefficient (Wildman–Crippen LogP) is 2.88. The normalized spacial score (nSPS) is 11.3. The third-order valence-electron chi connectivity index (χ3n) is 4.22. The first-order valence-electron chi connectivity index (χ1n) is 8.78. The molecule has 7 nitrogen and oxygen atoms in total. The lowest BCUT2D eigenvalue weighted by molar-refractivity contribution is 0.184. The van der Waals surface area contributed by atoms with Crippen LogP contribution < -0.4 is 5.56 Å². The molecule has 28 heavy (non-hydrogen) atoms. The first-order valence-corrected chi connectivity index (χ1v) is 10.6. The van der Waals surface area contributed by atoms with Crippen molar-refractivity contribution in [3.63, 3.8) is 0 Å². The molecule has 0 spiro atoms. The van der Waals surface area contributed by atoms with E-state index in [1.807, 2.05) is 23.6 Å². The Morgan fingerprint density at radius 2 is 2.07 bits per heavy atom. The van der Waals surface area contributed by atoms with E-state index in [9.17, 15) is 4.79 Å². The van der Waals surface area contributed by atoms with Gasteiger partial charge in [0.05, 0.1) is 12.3 Å². The number of ether oxygens (including phenoxy) is 1. The molecule has 4 aromatic rings. The minimum Gasteiger partial charge on any atom is -0.383 e. The van der Waals surface area contributed by atoms with E-state index in [0.29, 0.717) is 30.3 Å². The van der Waals surface area contributed by atoms with Crippen molar-refractivity contribution in [1.29, 1.82) is 0 Å². The van der Waals surface area contributed by atoms with Crippen LogP contribution in [0.2, 0.25) is 0 Å². The molecule has 4 rings (SSSR count). The number of thiazole rings is 1. The van der Waals surface area contributed by atoms with Gasteiger partial charge in [0.1, 0.15) is 5.82 Å². The van der Waals surface area contributed by atoms with Crippen LogP contribution in [0.5, 0.6) is 0 Å². The van der Waals surface area contributed by atoms with Gasteiger partial charge in [0.2, 0.25) is 0 Å². The Kier molecular flexibility index (Phi) is 5.84. The molecular formula is C19H19N5O2S2. The van der Waals surface area contributed by atoms with E-state index >= 15 is 0 Å². The highest BCUT2D eigenvalue weighted by Crippen LogP contribution is 2.22. The van der Waals surface area contributed by atoms with Crippen LogP contribution in [0.1, 0.15) is 17.1 Å². The van der Waals surface area contributed by atoms with Crippen molar-refractivity contribution < 1.29 is 4.74 Å². The topological polar surface area (TPSA) is 74.3 Å². The monoisotopic (exact) mass is 413 g/mol. The quantitative estimate of drug-likeness (QED) is 0.414. The number of rotatable bonds is 8. The summed E-state index contributed by atoms with van der Waals surface area (Å²) in [6.07, 6.45) is 2.45. The second kappa shape index (κ2) is 8.68. The minimum atomic E-state index is -0.0625. The SMILES string of the molecule is COCCn1c(Cc2ccccc2)nnc1SCc1cc(=O)n2ccsc2n1. The highest BCUT2D eigenvalue weighted by atomic mass is 32.2. The molecule has 9 heteroatoms. The van der Waals surface area contributed by atoms with E-state index < -0.39 is 0 Å². The fourth-order valence-corrected chi connectivity index (χ4v) is 4.46. The highest BCUT2D eigenvalue weighted by Gasteiger charge is 2.14. The van der Waals surface area contributed by atoms with E-state index in [1.165, 1.54) is 28.7 Å². The van der Waals surface area contributed by atoms with Gasteiger partial charge in [-0.05, 0) is 5.56 Å². The van der Waals surface area contributed by atoms with Gasteiger partial charge < -0.3 is 9.30 Å². The van der Waals surface area contributed by atoms with Gasteiger partial charge in [0, 0.05) is 43.5 Å². The molecule has 3 heterocycles. The molecule has 0 N–H and O–H groups in total. The maximum absolute atomic E-state index is 12.2. The third kappa shape index (κ3) is 4.16. The molecule has 3 aromatic heterocycles. The zero-order valence-corrected chi connectivity index (χ0v) is 16.9. The van der Waals surface area contributed by atoms with Crippen molar-refractivity contribution in [3.05, 3.63) is 75.4 Å². The number of fused-ring (bicyclic) bond motifs is 1. The second-order valence-corrected chi connectivity index (χ2v) is 7.95. The predicted molar refractivity (Wildman–Crippen MR) is 110 cm³/mol. The molecule has 0 saturated heterocycles. The molecule has 0 atom stereocenters. The summed E-state index contributed by atoms with van der Waals surface area (Å²) in [4.78, 5) is 17.4. The van der Waals surface area contributed by atoms with Crippen LogP contribution in [-0.2, 0) is 23.5 Å². The summed E-state index contributed by atoms with van der Waals surface area (Å²) in [5.41, 5.74) is 1.86. The number of aromatic nitrogens is 5. The molecule has 0 radical (unpaired) electrons.